The lowest BCUT2D eigenvalue weighted by molar-refractivity contribution is -0.131. The molecule has 4 N–H and O–H groups in total. The molecule has 0 aliphatic carbocycles. The van der Waals surface area contributed by atoms with E-state index in [1.165, 1.54) is 42.7 Å². The normalized spacial score (nSPS) is 11.1. The van der Waals surface area contributed by atoms with E-state index in [-0.39, 0.29) is 11.4 Å². The molecule has 0 fully saturated rings. The first kappa shape index (κ1) is 18.9. The van der Waals surface area contributed by atoms with Crippen molar-refractivity contribution in [3.63, 3.8) is 0 Å². The number of rotatable bonds is 8. The number of carboxylic acid groups (broad SMARTS) is 1. The van der Waals surface area contributed by atoms with Gasteiger partial charge in [-0.25, -0.2) is 4.79 Å². The fraction of sp³-hybridized carbons (Fsp3) is 0.250. The number of nitrogens with two attached hydrogens (primary N) is 1. The molecule has 0 aliphatic rings. The molecule has 4 nitrogen and oxygen atoms in total. The highest BCUT2D eigenvalue weighted by molar-refractivity contribution is 7.99. The number of aromatic hydroxyl groups is 1. The molecular weight excluding hydrogens is 334 g/mol. The summed E-state index contributed by atoms with van der Waals surface area (Å²) in [5.41, 5.74) is 7.77. The highest BCUT2D eigenvalue weighted by atomic mass is 32.2. The van der Waals surface area contributed by atoms with Crippen molar-refractivity contribution in [3.8, 4) is 5.75 Å². The smallest absolute Gasteiger partial charge is 0.328 e. The van der Waals surface area contributed by atoms with E-state index in [0.29, 0.717) is 5.56 Å². The van der Waals surface area contributed by atoms with Gasteiger partial charge in [-0.1, -0.05) is 43.7 Å². The van der Waals surface area contributed by atoms with E-state index in [1.54, 1.807) is 12.1 Å². The van der Waals surface area contributed by atoms with Crippen molar-refractivity contribution in [3.05, 3.63) is 53.6 Å². The SMILES string of the molecule is CCCCCc1ccc(Sc2cc(N)c(O)c(/C=C/C(=O)O)c2)cc1. The molecule has 0 spiro atoms. The van der Waals surface area contributed by atoms with Gasteiger partial charge in [0, 0.05) is 21.4 Å². The van der Waals surface area contributed by atoms with E-state index in [2.05, 4.69) is 31.2 Å². The van der Waals surface area contributed by atoms with E-state index in [9.17, 15) is 9.90 Å². The summed E-state index contributed by atoms with van der Waals surface area (Å²) in [6.45, 7) is 2.20. The number of anilines is 1. The Kier molecular flexibility index (Phi) is 6.95. The molecule has 0 heterocycles. The van der Waals surface area contributed by atoms with Crippen LogP contribution < -0.4 is 5.73 Å². The number of hydrogen-bond donors (Lipinski definition) is 3. The number of nitrogen functional groups attached to an aromatic ring is 1. The lowest BCUT2D eigenvalue weighted by Gasteiger charge is -2.09. The maximum Gasteiger partial charge on any atom is 0.328 e. The second kappa shape index (κ2) is 9.18. The van der Waals surface area contributed by atoms with Crippen LogP contribution >= 0.6 is 11.8 Å². The first-order chi connectivity index (χ1) is 12.0. The number of hydrogen-bond acceptors (Lipinski definition) is 4. The Bertz CT molecular complexity index is 754. The number of benzene rings is 2. The number of phenolic OH excluding ortho intramolecular Hbond substituents is 1. The Morgan fingerprint density at radius 1 is 1.16 bits per heavy atom. The highest BCUT2D eigenvalue weighted by Crippen LogP contribution is 2.35. The maximum absolute atomic E-state index is 10.7. The van der Waals surface area contributed by atoms with Crippen molar-refractivity contribution in [1.29, 1.82) is 0 Å². The third kappa shape index (κ3) is 5.87. The van der Waals surface area contributed by atoms with Gasteiger partial charge >= 0.3 is 5.97 Å². The molecule has 5 heteroatoms. The zero-order valence-electron chi connectivity index (χ0n) is 14.2. The van der Waals surface area contributed by atoms with Crippen LogP contribution in [0.1, 0.15) is 37.3 Å². The Morgan fingerprint density at radius 2 is 1.88 bits per heavy atom. The van der Waals surface area contributed by atoms with E-state index in [0.717, 1.165) is 22.3 Å². The zero-order chi connectivity index (χ0) is 18.2. The summed E-state index contributed by atoms with van der Waals surface area (Å²) in [6, 6.07) is 11.8. The van der Waals surface area contributed by atoms with E-state index in [4.69, 9.17) is 10.8 Å². The average Bonchev–Trinajstić information content (AvgIpc) is 2.58. The molecule has 0 aromatic heterocycles. The molecule has 132 valence electrons. The van der Waals surface area contributed by atoms with E-state index < -0.39 is 5.97 Å². The van der Waals surface area contributed by atoms with Crippen LogP contribution in [0.4, 0.5) is 5.69 Å². The number of carboxylic acids is 1. The first-order valence-corrected chi connectivity index (χ1v) is 9.11. The molecule has 0 radical (unpaired) electrons. The Morgan fingerprint density at radius 3 is 2.52 bits per heavy atom. The van der Waals surface area contributed by atoms with Gasteiger partial charge in [0.2, 0.25) is 0 Å². The highest BCUT2D eigenvalue weighted by Gasteiger charge is 2.08. The molecule has 0 saturated heterocycles. The largest absolute Gasteiger partial charge is 0.505 e. The molecule has 2 aromatic carbocycles. The minimum absolute atomic E-state index is 0.104. The van der Waals surface area contributed by atoms with Crippen LogP contribution in [-0.2, 0) is 11.2 Å². The monoisotopic (exact) mass is 357 g/mol. The molecule has 2 rings (SSSR count). The van der Waals surface area contributed by atoms with Crippen LogP contribution in [0.3, 0.4) is 0 Å². The minimum Gasteiger partial charge on any atom is -0.505 e. The molecule has 0 saturated carbocycles. The quantitative estimate of drug-likeness (QED) is 0.269. The van der Waals surface area contributed by atoms with Gasteiger partial charge in [0.15, 0.2) is 0 Å². The van der Waals surface area contributed by atoms with Gasteiger partial charge in [0.1, 0.15) is 5.75 Å². The summed E-state index contributed by atoms with van der Waals surface area (Å²) in [5.74, 6) is -1.18. The summed E-state index contributed by atoms with van der Waals surface area (Å²) < 4.78 is 0. The van der Waals surface area contributed by atoms with Crippen LogP contribution in [0, 0.1) is 0 Å². The second-order valence-electron chi connectivity index (χ2n) is 5.83. The lowest BCUT2D eigenvalue weighted by Crippen LogP contribution is -1.91. The summed E-state index contributed by atoms with van der Waals surface area (Å²) in [4.78, 5) is 12.6. The fourth-order valence-electron chi connectivity index (χ4n) is 2.44. The number of carbonyl (C=O) groups is 1. The molecule has 25 heavy (non-hydrogen) atoms. The van der Waals surface area contributed by atoms with Crippen molar-refractivity contribution < 1.29 is 15.0 Å². The van der Waals surface area contributed by atoms with Gasteiger partial charge in [-0.05, 0) is 48.7 Å². The van der Waals surface area contributed by atoms with E-state index >= 15 is 0 Å². The summed E-state index contributed by atoms with van der Waals surface area (Å²) in [6.07, 6.45) is 7.08. The van der Waals surface area contributed by atoms with Crippen LogP contribution in [-0.4, -0.2) is 16.2 Å². The van der Waals surface area contributed by atoms with Crippen LogP contribution in [0.25, 0.3) is 6.08 Å². The fourth-order valence-corrected chi connectivity index (χ4v) is 3.35. The van der Waals surface area contributed by atoms with Gasteiger partial charge < -0.3 is 15.9 Å². The molecule has 0 aliphatic heterocycles. The van der Waals surface area contributed by atoms with E-state index in [1.807, 2.05) is 0 Å². The third-order valence-corrected chi connectivity index (χ3v) is 4.76. The lowest BCUT2D eigenvalue weighted by atomic mass is 10.1. The second-order valence-corrected chi connectivity index (χ2v) is 6.97. The van der Waals surface area contributed by atoms with Crippen LogP contribution in [0.15, 0.2) is 52.3 Å². The summed E-state index contributed by atoms with van der Waals surface area (Å²) >= 11 is 1.52. The van der Waals surface area contributed by atoms with Gasteiger partial charge in [0.05, 0.1) is 5.69 Å². The Balaban J connectivity index is 2.13. The topological polar surface area (TPSA) is 83.5 Å². The molecule has 0 atom stereocenters. The van der Waals surface area contributed by atoms with Crippen molar-refractivity contribution in [2.24, 2.45) is 0 Å². The van der Waals surface area contributed by atoms with Gasteiger partial charge in [-0.2, -0.15) is 0 Å². The summed E-state index contributed by atoms with van der Waals surface area (Å²) in [7, 11) is 0. The van der Waals surface area contributed by atoms with Crippen molar-refractivity contribution in [2.75, 3.05) is 5.73 Å². The molecule has 2 aromatic rings. The minimum atomic E-state index is -1.07. The Hall–Kier alpha value is -2.40. The average molecular weight is 357 g/mol. The number of phenols is 1. The number of aryl methyl sites for hydroxylation is 1. The van der Waals surface area contributed by atoms with Gasteiger partial charge in [0.25, 0.3) is 0 Å². The van der Waals surface area contributed by atoms with Gasteiger partial charge in [-0.3, -0.25) is 0 Å². The molecule has 0 bridgehead atoms. The third-order valence-electron chi connectivity index (χ3n) is 3.78. The predicted octanol–water partition coefficient (Wildman–Crippen LogP) is 4.96. The molecular formula is C20H23NO3S. The van der Waals surface area contributed by atoms with Crippen molar-refractivity contribution >= 4 is 29.5 Å². The number of aliphatic carboxylic acids is 1. The van der Waals surface area contributed by atoms with Crippen molar-refractivity contribution in [1.82, 2.24) is 0 Å². The van der Waals surface area contributed by atoms with Gasteiger partial charge in [-0.15, -0.1) is 0 Å². The maximum atomic E-state index is 10.7. The van der Waals surface area contributed by atoms with Crippen LogP contribution in [0.5, 0.6) is 5.75 Å². The zero-order valence-corrected chi connectivity index (χ0v) is 15.1. The Labute approximate surface area is 152 Å². The standard InChI is InChI=1S/C20H23NO3S/c1-2-3-4-5-14-6-9-16(10-7-14)25-17-12-15(8-11-19(22)23)20(24)18(21)13-17/h6-13,24H,2-5,21H2,1H3,(H,22,23)/b11-8+. The molecule has 0 amide bonds. The van der Waals surface area contributed by atoms with Crippen LogP contribution in [0.2, 0.25) is 0 Å². The summed E-state index contributed by atoms with van der Waals surface area (Å²) in [5, 5.41) is 18.7. The molecule has 0 unspecified atom stereocenters. The number of unbranched alkanes of at least 4 members (excludes halogenated alkanes) is 2. The predicted molar refractivity (Wildman–Crippen MR) is 103 cm³/mol. The first-order valence-electron chi connectivity index (χ1n) is 8.30. The van der Waals surface area contributed by atoms with Crippen molar-refractivity contribution in [2.45, 2.75) is 42.4 Å².